The van der Waals surface area contributed by atoms with Crippen LogP contribution in [0.1, 0.15) is 44.6 Å². The molecule has 1 heterocycles. The first-order valence-electron chi connectivity index (χ1n) is 8.10. The van der Waals surface area contributed by atoms with Gasteiger partial charge in [-0.15, -0.1) is 0 Å². The number of nitrogens with one attached hydrogen (secondary N) is 1. The fourth-order valence-corrected chi connectivity index (χ4v) is 3.85. The second kappa shape index (κ2) is 8.75. The van der Waals surface area contributed by atoms with Gasteiger partial charge in [0.25, 0.3) is 0 Å². The first kappa shape index (κ1) is 22.3. The minimum absolute atomic E-state index is 0.380. The van der Waals surface area contributed by atoms with Crippen molar-refractivity contribution in [2.75, 3.05) is 14.2 Å². The van der Waals surface area contributed by atoms with Crippen molar-refractivity contribution in [2.45, 2.75) is 51.9 Å². The molecule has 0 saturated carbocycles. The van der Waals surface area contributed by atoms with E-state index in [1.54, 1.807) is 39.8 Å². The van der Waals surface area contributed by atoms with Gasteiger partial charge >= 0.3 is 13.7 Å². The Morgan fingerprint density at radius 3 is 2.19 bits per heavy atom. The van der Waals surface area contributed by atoms with Crippen molar-refractivity contribution in [3.63, 3.8) is 0 Å². The number of nitrogens with zero attached hydrogens (tertiary/aromatic N) is 1. The monoisotopic (exact) mass is 386 g/mol. The maximum absolute atomic E-state index is 13.0. The number of carbonyl (C=O) groups is 2. The van der Waals surface area contributed by atoms with Crippen LogP contribution in [0.3, 0.4) is 0 Å². The van der Waals surface area contributed by atoms with Crippen molar-refractivity contribution in [1.29, 1.82) is 0 Å². The van der Waals surface area contributed by atoms with Crippen molar-refractivity contribution < 1.29 is 27.9 Å². The molecule has 0 aromatic carbocycles. The van der Waals surface area contributed by atoms with E-state index in [0.717, 1.165) is 5.69 Å². The number of Topliss-reactive ketones (excluding diaryl/α,β-unsaturated/α-hetero) is 1. The highest BCUT2D eigenvalue weighted by atomic mass is 31.2. The smallest absolute Gasteiger partial charge is 0.408 e. The summed E-state index contributed by atoms with van der Waals surface area (Å²) in [5.41, 5.74) is -0.813. The summed E-state index contributed by atoms with van der Waals surface area (Å²) < 4.78 is 28.2. The van der Waals surface area contributed by atoms with Crippen LogP contribution in [-0.4, -0.2) is 42.7 Å². The van der Waals surface area contributed by atoms with Crippen LogP contribution in [0.2, 0.25) is 0 Å². The van der Waals surface area contributed by atoms with Crippen LogP contribution < -0.4 is 5.32 Å². The van der Waals surface area contributed by atoms with E-state index < -0.39 is 36.8 Å². The average Bonchev–Trinajstić information content (AvgIpc) is 2.54. The van der Waals surface area contributed by atoms with Crippen molar-refractivity contribution in [1.82, 2.24) is 10.3 Å². The number of alkyl carbamates (subject to hydrolysis) is 1. The normalized spacial score (nSPS) is 14.4. The third-order valence-electron chi connectivity index (χ3n) is 3.50. The van der Waals surface area contributed by atoms with Gasteiger partial charge in [-0.3, -0.25) is 14.3 Å². The molecular weight excluding hydrogens is 359 g/mol. The minimum Gasteiger partial charge on any atom is -0.444 e. The Bertz CT molecular complexity index is 675. The Kier molecular flexibility index (Phi) is 7.50. The maximum Gasteiger partial charge on any atom is 0.408 e. The molecule has 0 saturated heterocycles. The average molecular weight is 386 g/mol. The third-order valence-corrected chi connectivity index (χ3v) is 5.71. The van der Waals surface area contributed by atoms with E-state index in [2.05, 4.69) is 10.3 Å². The fourth-order valence-electron chi connectivity index (χ4n) is 2.22. The predicted molar refractivity (Wildman–Crippen MR) is 97.2 cm³/mol. The molecule has 1 aromatic rings. The lowest BCUT2D eigenvalue weighted by Gasteiger charge is -2.27. The molecule has 9 heteroatoms. The Morgan fingerprint density at radius 1 is 1.19 bits per heavy atom. The number of carbonyl (C=O) groups excluding carboxylic acids is 2. The molecule has 1 rings (SSSR count). The van der Waals surface area contributed by atoms with E-state index in [1.165, 1.54) is 27.3 Å². The van der Waals surface area contributed by atoms with Gasteiger partial charge < -0.3 is 19.1 Å². The molecule has 0 radical (unpaired) electrons. The van der Waals surface area contributed by atoms with Crippen molar-refractivity contribution in [2.24, 2.45) is 0 Å². The zero-order valence-electron chi connectivity index (χ0n) is 16.2. The van der Waals surface area contributed by atoms with Gasteiger partial charge in [0, 0.05) is 26.1 Å². The van der Waals surface area contributed by atoms with Gasteiger partial charge in [0.15, 0.2) is 5.78 Å². The number of aromatic nitrogens is 1. The van der Waals surface area contributed by atoms with Crippen LogP contribution in [-0.2, 0) is 23.1 Å². The van der Waals surface area contributed by atoms with Gasteiger partial charge in [-0.1, -0.05) is 6.07 Å². The summed E-state index contributed by atoms with van der Waals surface area (Å²) >= 11 is 0. The largest absolute Gasteiger partial charge is 0.444 e. The van der Waals surface area contributed by atoms with Crippen molar-refractivity contribution in [3.8, 4) is 0 Å². The summed E-state index contributed by atoms with van der Waals surface area (Å²) in [4.78, 5) is 29.0. The number of pyridine rings is 1. The molecule has 1 amide bonds. The maximum atomic E-state index is 13.0. The van der Waals surface area contributed by atoms with E-state index in [-0.39, 0.29) is 0 Å². The molecule has 26 heavy (non-hydrogen) atoms. The lowest BCUT2D eigenvalue weighted by molar-refractivity contribution is -0.120. The van der Waals surface area contributed by atoms with Crippen molar-refractivity contribution >= 4 is 19.5 Å². The van der Waals surface area contributed by atoms with Crippen LogP contribution in [0.4, 0.5) is 4.79 Å². The molecule has 1 aromatic heterocycles. The van der Waals surface area contributed by atoms with E-state index in [9.17, 15) is 14.2 Å². The van der Waals surface area contributed by atoms with Crippen molar-refractivity contribution in [3.05, 3.63) is 29.6 Å². The molecule has 1 N–H and O–H groups in total. The Hall–Kier alpha value is -1.76. The van der Waals surface area contributed by atoms with Crippen LogP contribution >= 0.6 is 7.60 Å². The third kappa shape index (κ3) is 5.90. The highest BCUT2D eigenvalue weighted by molar-refractivity contribution is 7.55. The first-order chi connectivity index (χ1) is 11.9. The number of ketones is 1. The molecule has 0 bridgehead atoms. The first-order valence-corrected chi connectivity index (χ1v) is 9.71. The number of rotatable bonds is 7. The van der Waals surface area contributed by atoms with Gasteiger partial charge in [-0.25, -0.2) is 4.79 Å². The number of aryl methyl sites for hydroxylation is 1. The van der Waals surface area contributed by atoms with Gasteiger partial charge in [-0.05, 0) is 46.2 Å². The molecule has 0 aliphatic heterocycles. The van der Waals surface area contributed by atoms with E-state index in [1.807, 2.05) is 0 Å². The molecular formula is C17H27N2O6P. The Morgan fingerprint density at radius 2 is 1.77 bits per heavy atom. The molecule has 0 aliphatic carbocycles. The molecule has 0 spiro atoms. The standard InChI is InChI=1S/C17H27N2O6P/c1-11-8-9-13(10-18-11)15(26(22,23-6)24-7)14(20)12(2)19-16(21)25-17(3,4)5/h8-10,12,15H,1-7H3,(H,19,21). The molecule has 0 fully saturated rings. The summed E-state index contributed by atoms with van der Waals surface area (Å²) in [7, 11) is -1.39. The molecule has 0 aliphatic rings. The zero-order valence-corrected chi connectivity index (χ0v) is 17.1. The Labute approximate surface area is 154 Å². The Balaban J connectivity index is 3.14. The summed E-state index contributed by atoms with van der Waals surface area (Å²) in [6.45, 7) is 8.41. The second-order valence-electron chi connectivity index (χ2n) is 6.81. The lowest BCUT2D eigenvalue weighted by Crippen LogP contribution is -2.43. The topological polar surface area (TPSA) is 104 Å². The zero-order chi connectivity index (χ0) is 20.1. The highest BCUT2D eigenvalue weighted by Crippen LogP contribution is 2.60. The number of hydrogen-bond donors (Lipinski definition) is 1. The van der Waals surface area contributed by atoms with Crippen LogP contribution in [0.15, 0.2) is 18.3 Å². The molecule has 8 nitrogen and oxygen atoms in total. The van der Waals surface area contributed by atoms with Gasteiger partial charge in [0.1, 0.15) is 11.3 Å². The molecule has 2 atom stereocenters. The number of hydrogen-bond acceptors (Lipinski definition) is 7. The lowest BCUT2D eigenvalue weighted by atomic mass is 10.1. The molecule has 2 unspecified atom stereocenters. The predicted octanol–water partition coefficient (Wildman–Crippen LogP) is 3.40. The number of amides is 1. The van der Waals surface area contributed by atoms with Crippen LogP contribution in [0.25, 0.3) is 0 Å². The van der Waals surface area contributed by atoms with Crippen LogP contribution in [0, 0.1) is 6.92 Å². The van der Waals surface area contributed by atoms with Gasteiger partial charge in [-0.2, -0.15) is 0 Å². The fraction of sp³-hybridized carbons (Fsp3) is 0.588. The summed E-state index contributed by atoms with van der Waals surface area (Å²) in [6, 6.07) is 2.35. The minimum atomic E-state index is -3.80. The highest BCUT2D eigenvalue weighted by Gasteiger charge is 2.43. The van der Waals surface area contributed by atoms with E-state index in [4.69, 9.17) is 13.8 Å². The summed E-state index contributed by atoms with van der Waals surface area (Å²) in [6.07, 6.45) is 0.701. The SMILES string of the molecule is COP(=O)(OC)C(C(=O)C(C)NC(=O)OC(C)(C)C)c1ccc(C)nc1. The van der Waals surface area contributed by atoms with Gasteiger partial charge in [0.2, 0.25) is 0 Å². The quantitative estimate of drug-likeness (QED) is 0.716. The molecule has 146 valence electrons. The number of ether oxygens (including phenoxy) is 1. The second-order valence-corrected chi connectivity index (χ2v) is 9.14. The summed E-state index contributed by atoms with van der Waals surface area (Å²) in [5.74, 6) is -0.534. The van der Waals surface area contributed by atoms with Gasteiger partial charge in [0.05, 0.1) is 6.04 Å². The van der Waals surface area contributed by atoms with E-state index >= 15 is 0 Å². The van der Waals surface area contributed by atoms with E-state index in [0.29, 0.717) is 5.56 Å². The summed E-state index contributed by atoms with van der Waals surface area (Å²) in [5, 5.41) is 2.45. The van der Waals surface area contributed by atoms with Crippen LogP contribution in [0.5, 0.6) is 0 Å².